The van der Waals surface area contributed by atoms with E-state index in [0.717, 1.165) is 18.4 Å². The third kappa shape index (κ3) is 2.96. The number of aliphatic hydroxyl groups excluding tert-OH is 1. The van der Waals surface area contributed by atoms with Gasteiger partial charge in [-0.15, -0.1) is 0 Å². The lowest BCUT2D eigenvalue weighted by molar-refractivity contribution is 0.0735. The molecule has 0 amide bonds. The van der Waals surface area contributed by atoms with Crippen molar-refractivity contribution in [2.45, 2.75) is 38.1 Å². The molecule has 2 aliphatic rings. The zero-order valence-corrected chi connectivity index (χ0v) is 10.5. The van der Waals surface area contributed by atoms with Crippen LogP contribution in [-0.2, 0) is 0 Å². The quantitative estimate of drug-likeness (QED) is 0.753. The third-order valence-corrected chi connectivity index (χ3v) is 4.48. The van der Waals surface area contributed by atoms with E-state index in [9.17, 15) is 5.11 Å². The maximum Gasteiger partial charge on any atom is 0.0597 e. The number of hydrogen-bond donors (Lipinski definition) is 2. The van der Waals surface area contributed by atoms with Gasteiger partial charge in [-0.2, -0.15) is 0 Å². The van der Waals surface area contributed by atoms with E-state index in [0.29, 0.717) is 0 Å². The minimum Gasteiger partial charge on any atom is -0.395 e. The van der Waals surface area contributed by atoms with Crippen LogP contribution in [0.3, 0.4) is 0 Å². The molecule has 2 N–H and O–H groups in total. The predicted molar refractivity (Wildman–Crippen MR) is 66.4 cm³/mol. The van der Waals surface area contributed by atoms with Gasteiger partial charge in [0, 0.05) is 19.1 Å². The molecule has 2 rings (SSSR count). The zero-order chi connectivity index (χ0) is 11.4. The average molecular weight is 226 g/mol. The molecule has 1 saturated heterocycles. The normalized spacial score (nSPS) is 33.4. The Kier molecular flexibility index (Phi) is 4.62. The second-order valence-corrected chi connectivity index (χ2v) is 5.52. The highest BCUT2D eigenvalue weighted by Gasteiger charge is 2.31. The maximum atomic E-state index is 9.20. The molecule has 0 bridgehead atoms. The fourth-order valence-corrected chi connectivity index (χ4v) is 3.39. The van der Waals surface area contributed by atoms with Crippen LogP contribution in [0.15, 0.2) is 0 Å². The molecule has 3 heteroatoms. The number of hydrogen-bond acceptors (Lipinski definition) is 3. The fraction of sp³-hybridized carbons (Fsp3) is 1.00. The van der Waals surface area contributed by atoms with Gasteiger partial charge >= 0.3 is 0 Å². The van der Waals surface area contributed by atoms with Crippen molar-refractivity contribution in [1.29, 1.82) is 0 Å². The molecule has 3 nitrogen and oxygen atoms in total. The van der Waals surface area contributed by atoms with Crippen molar-refractivity contribution in [3.05, 3.63) is 0 Å². The van der Waals surface area contributed by atoms with Crippen molar-refractivity contribution >= 4 is 0 Å². The number of aliphatic hydroxyl groups is 1. The molecule has 0 aromatic rings. The summed E-state index contributed by atoms with van der Waals surface area (Å²) in [5.74, 6) is 1.95. The highest BCUT2D eigenvalue weighted by Crippen LogP contribution is 2.35. The minimum absolute atomic E-state index is 0.250. The molecule has 16 heavy (non-hydrogen) atoms. The van der Waals surface area contributed by atoms with E-state index < -0.39 is 0 Å². The van der Waals surface area contributed by atoms with E-state index in [1.54, 1.807) is 0 Å². The van der Waals surface area contributed by atoms with Crippen molar-refractivity contribution < 1.29 is 5.11 Å². The zero-order valence-electron chi connectivity index (χ0n) is 10.5. The molecule has 1 aliphatic carbocycles. The molecule has 3 atom stereocenters. The Balaban J connectivity index is 1.80. The fourth-order valence-electron chi connectivity index (χ4n) is 3.39. The smallest absolute Gasteiger partial charge is 0.0597 e. The Bertz CT molecular complexity index is 206. The first-order valence-corrected chi connectivity index (χ1v) is 6.84. The van der Waals surface area contributed by atoms with Crippen LogP contribution in [-0.4, -0.2) is 49.3 Å². The molecule has 0 radical (unpaired) electrons. The van der Waals surface area contributed by atoms with Gasteiger partial charge < -0.3 is 15.3 Å². The molecule has 1 aliphatic heterocycles. The molecular weight excluding hydrogens is 200 g/mol. The van der Waals surface area contributed by atoms with Gasteiger partial charge in [0.15, 0.2) is 0 Å². The minimum atomic E-state index is 0.250. The summed E-state index contributed by atoms with van der Waals surface area (Å²) in [4.78, 5) is 2.55. The number of nitrogens with one attached hydrogen (secondary N) is 1. The highest BCUT2D eigenvalue weighted by atomic mass is 16.3. The number of piperidine rings is 1. The molecule has 94 valence electrons. The molecule has 0 aromatic heterocycles. The van der Waals surface area contributed by atoms with E-state index in [1.807, 2.05) is 7.05 Å². The van der Waals surface area contributed by atoms with Crippen LogP contribution >= 0.6 is 0 Å². The molecule has 3 unspecified atom stereocenters. The Labute approximate surface area is 99.2 Å². The van der Waals surface area contributed by atoms with Crippen LogP contribution < -0.4 is 5.32 Å². The maximum absolute atomic E-state index is 9.20. The van der Waals surface area contributed by atoms with E-state index in [-0.39, 0.29) is 12.6 Å². The Morgan fingerprint density at radius 2 is 2.00 bits per heavy atom. The molecule has 1 heterocycles. The van der Waals surface area contributed by atoms with E-state index >= 15 is 0 Å². The molecule has 0 spiro atoms. The molecule has 2 fully saturated rings. The SMILES string of the molecule is CNC(CO)CN1CCC2CCCCC2C1. The van der Waals surface area contributed by atoms with E-state index in [1.165, 1.54) is 45.2 Å². The summed E-state index contributed by atoms with van der Waals surface area (Å²) in [5, 5.41) is 12.4. The monoisotopic (exact) mass is 226 g/mol. The largest absolute Gasteiger partial charge is 0.395 e. The van der Waals surface area contributed by atoms with Crippen LogP contribution in [0.5, 0.6) is 0 Å². The predicted octanol–water partition coefficient (Wildman–Crippen LogP) is 1.08. The van der Waals surface area contributed by atoms with Crippen molar-refractivity contribution in [2.24, 2.45) is 11.8 Å². The lowest BCUT2D eigenvalue weighted by Crippen LogP contribution is -2.48. The third-order valence-electron chi connectivity index (χ3n) is 4.48. The van der Waals surface area contributed by atoms with Crippen LogP contribution in [0.4, 0.5) is 0 Å². The number of likely N-dealkylation sites (N-methyl/N-ethyl adjacent to an activating group) is 1. The second kappa shape index (κ2) is 5.99. The number of fused-ring (bicyclic) bond motifs is 1. The first kappa shape index (κ1) is 12.3. The van der Waals surface area contributed by atoms with Gasteiger partial charge in [0.2, 0.25) is 0 Å². The summed E-state index contributed by atoms with van der Waals surface area (Å²) in [6.45, 7) is 3.76. The van der Waals surface area contributed by atoms with Crippen LogP contribution in [0, 0.1) is 11.8 Å². The second-order valence-electron chi connectivity index (χ2n) is 5.52. The van der Waals surface area contributed by atoms with Gasteiger partial charge in [0.05, 0.1) is 6.61 Å². The first-order chi connectivity index (χ1) is 7.83. The lowest BCUT2D eigenvalue weighted by Gasteiger charge is -2.42. The summed E-state index contributed by atoms with van der Waals surface area (Å²) < 4.78 is 0. The molecular formula is C13H26N2O. The molecule has 1 saturated carbocycles. The van der Waals surface area contributed by atoms with Crippen molar-refractivity contribution in [2.75, 3.05) is 33.3 Å². The average Bonchev–Trinajstić information content (AvgIpc) is 2.35. The van der Waals surface area contributed by atoms with Gasteiger partial charge in [0.25, 0.3) is 0 Å². The summed E-state index contributed by atoms with van der Waals surface area (Å²) in [7, 11) is 1.94. The van der Waals surface area contributed by atoms with Crippen LogP contribution in [0.2, 0.25) is 0 Å². The molecule has 0 aromatic carbocycles. The van der Waals surface area contributed by atoms with Gasteiger partial charge in [-0.1, -0.05) is 19.3 Å². The standard InChI is InChI=1S/C13H26N2O/c1-14-13(10-16)9-15-7-6-11-4-2-3-5-12(11)8-15/h11-14,16H,2-10H2,1H3. The Morgan fingerprint density at radius 3 is 2.69 bits per heavy atom. The summed E-state index contributed by atoms with van der Waals surface area (Å²) in [6.07, 6.45) is 7.17. The van der Waals surface area contributed by atoms with E-state index in [4.69, 9.17) is 0 Å². The number of likely N-dealkylation sites (tertiary alicyclic amines) is 1. The van der Waals surface area contributed by atoms with Crippen LogP contribution in [0.1, 0.15) is 32.1 Å². The number of nitrogens with zero attached hydrogens (tertiary/aromatic N) is 1. The summed E-state index contributed by atoms with van der Waals surface area (Å²) >= 11 is 0. The van der Waals surface area contributed by atoms with Crippen molar-refractivity contribution in [3.8, 4) is 0 Å². The highest BCUT2D eigenvalue weighted by molar-refractivity contribution is 4.84. The van der Waals surface area contributed by atoms with Gasteiger partial charge in [-0.05, 0) is 38.3 Å². The van der Waals surface area contributed by atoms with Crippen molar-refractivity contribution in [1.82, 2.24) is 10.2 Å². The number of rotatable bonds is 4. The van der Waals surface area contributed by atoms with Gasteiger partial charge in [0.1, 0.15) is 0 Å². The summed E-state index contributed by atoms with van der Waals surface area (Å²) in [5.41, 5.74) is 0. The summed E-state index contributed by atoms with van der Waals surface area (Å²) in [6, 6.07) is 0.250. The van der Waals surface area contributed by atoms with Gasteiger partial charge in [-0.25, -0.2) is 0 Å². The Morgan fingerprint density at radius 1 is 1.25 bits per heavy atom. The topological polar surface area (TPSA) is 35.5 Å². The lowest BCUT2D eigenvalue weighted by atomic mass is 9.75. The van der Waals surface area contributed by atoms with Gasteiger partial charge in [-0.3, -0.25) is 0 Å². The Hall–Kier alpha value is -0.120. The van der Waals surface area contributed by atoms with Crippen LogP contribution in [0.25, 0.3) is 0 Å². The van der Waals surface area contributed by atoms with Crippen molar-refractivity contribution in [3.63, 3.8) is 0 Å². The first-order valence-electron chi connectivity index (χ1n) is 6.84. The van der Waals surface area contributed by atoms with E-state index in [2.05, 4.69) is 10.2 Å².